The van der Waals surface area contributed by atoms with Crippen LogP contribution in [0.25, 0.3) is 22.3 Å². The zero-order chi connectivity index (χ0) is 30.5. The minimum absolute atomic E-state index is 0.126. The molecule has 0 radical (unpaired) electrons. The van der Waals surface area contributed by atoms with Crippen LogP contribution in [-0.2, 0) is 4.79 Å². The Morgan fingerprint density at radius 3 is 2.49 bits per heavy atom. The third kappa shape index (κ3) is 6.77. The van der Waals surface area contributed by atoms with Crippen molar-refractivity contribution >= 4 is 51.3 Å². The lowest BCUT2D eigenvalue weighted by Gasteiger charge is -2.17. The molecule has 1 heterocycles. The molecule has 1 aromatic heterocycles. The molecule has 5 aromatic rings. The number of halogens is 1. The van der Waals surface area contributed by atoms with E-state index in [0.29, 0.717) is 28.2 Å². The summed E-state index contributed by atoms with van der Waals surface area (Å²) in [6.45, 7) is 6.04. The fourth-order valence-electron chi connectivity index (χ4n) is 4.67. The third-order valence-corrected chi connectivity index (χ3v) is 7.73. The van der Waals surface area contributed by atoms with E-state index in [2.05, 4.69) is 46.9 Å². The van der Waals surface area contributed by atoms with Crippen LogP contribution in [0.1, 0.15) is 36.5 Å². The Hall–Kier alpha value is -4.51. The second-order valence-electron chi connectivity index (χ2n) is 10.3. The van der Waals surface area contributed by atoms with E-state index in [0.717, 1.165) is 31.6 Å². The highest BCUT2D eigenvalue weighted by Crippen LogP contribution is 2.34. The van der Waals surface area contributed by atoms with Crippen molar-refractivity contribution in [2.75, 3.05) is 19.0 Å². The van der Waals surface area contributed by atoms with Crippen molar-refractivity contribution in [3.05, 3.63) is 116 Å². The van der Waals surface area contributed by atoms with Crippen LogP contribution >= 0.6 is 22.6 Å². The summed E-state index contributed by atoms with van der Waals surface area (Å²) in [6, 6.07) is 26.0. The minimum atomic E-state index is -0.266. The molecule has 8 nitrogen and oxygen atoms in total. The smallest absolute Gasteiger partial charge is 0.282 e. The predicted molar refractivity (Wildman–Crippen MR) is 180 cm³/mol. The molecule has 0 unspecified atom stereocenters. The first kappa shape index (κ1) is 30.0. The van der Waals surface area contributed by atoms with Crippen LogP contribution in [0.4, 0.5) is 5.69 Å². The number of methoxy groups -OCH3 is 1. The fourth-order valence-corrected chi connectivity index (χ4v) is 5.37. The Morgan fingerprint density at radius 1 is 1.02 bits per heavy atom. The van der Waals surface area contributed by atoms with Crippen molar-refractivity contribution in [3.8, 4) is 22.9 Å². The maximum absolute atomic E-state index is 13.7. The summed E-state index contributed by atoms with van der Waals surface area (Å²) in [4.78, 5) is 30.9. The second kappa shape index (κ2) is 13.2. The molecule has 0 aliphatic heterocycles. The molecule has 43 heavy (non-hydrogen) atoms. The van der Waals surface area contributed by atoms with Gasteiger partial charge in [-0.1, -0.05) is 44.2 Å². The van der Waals surface area contributed by atoms with Gasteiger partial charge < -0.3 is 14.8 Å². The molecule has 0 aliphatic rings. The van der Waals surface area contributed by atoms with Gasteiger partial charge in [0, 0.05) is 11.3 Å². The highest BCUT2D eigenvalue weighted by Gasteiger charge is 2.18. The molecule has 218 valence electrons. The van der Waals surface area contributed by atoms with E-state index >= 15 is 0 Å². The van der Waals surface area contributed by atoms with Crippen molar-refractivity contribution < 1.29 is 14.3 Å². The van der Waals surface area contributed by atoms with Gasteiger partial charge in [0.25, 0.3) is 11.5 Å². The topological polar surface area (TPSA) is 94.8 Å². The van der Waals surface area contributed by atoms with Crippen molar-refractivity contribution in [1.82, 2.24) is 9.66 Å². The Bertz CT molecular complexity index is 1880. The summed E-state index contributed by atoms with van der Waals surface area (Å²) in [7, 11) is 1.66. The molecular formula is C34H31IN4O4. The van der Waals surface area contributed by atoms with Crippen LogP contribution in [0.3, 0.4) is 0 Å². The number of hydrogen-bond acceptors (Lipinski definition) is 6. The number of carbonyl (C=O) groups is 1. The molecule has 0 saturated heterocycles. The highest BCUT2D eigenvalue weighted by molar-refractivity contribution is 14.1. The molecule has 0 spiro atoms. The lowest BCUT2D eigenvalue weighted by Crippen LogP contribution is -2.21. The standard InChI is InChI=1S/C34H31IN4O4/c1-21(2)26-18-27(22(3)16-31(26)42-4)33-38-29-13-9-8-12-25(29)34(41)39(33)36-19-23-14-15-30(28(35)17-23)43-20-32(40)37-24-10-6-5-7-11-24/h5-19,21H,20H2,1-4H3,(H,37,40). The van der Waals surface area contributed by atoms with Gasteiger partial charge in [-0.05, 0) is 107 Å². The number of fused-ring (bicyclic) bond motifs is 1. The summed E-state index contributed by atoms with van der Waals surface area (Å²) in [5.74, 6) is 1.76. The highest BCUT2D eigenvalue weighted by atomic mass is 127. The number of aromatic nitrogens is 2. The number of benzene rings is 4. The zero-order valence-electron chi connectivity index (χ0n) is 24.3. The van der Waals surface area contributed by atoms with Crippen molar-refractivity contribution in [2.45, 2.75) is 26.7 Å². The van der Waals surface area contributed by atoms with Crippen LogP contribution < -0.4 is 20.3 Å². The number of nitrogens with zero attached hydrogens (tertiary/aromatic N) is 3. The molecule has 0 bridgehead atoms. The van der Waals surface area contributed by atoms with E-state index in [1.807, 2.05) is 79.7 Å². The molecule has 1 N–H and O–H groups in total. The number of rotatable bonds is 9. The zero-order valence-corrected chi connectivity index (χ0v) is 26.5. The van der Waals surface area contributed by atoms with Gasteiger partial charge >= 0.3 is 0 Å². The van der Waals surface area contributed by atoms with Crippen LogP contribution in [0.15, 0.2) is 94.8 Å². The number of nitrogens with one attached hydrogen (secondary N) is 1. The average Bonchev–Trinajstić information content (AvgIpc) is 3.00. The Labute approximate surface area is 263 Å². The SMILES string of the molecule is COc1cc(C)c(-c2nc3ccccc3c(=O)n2N=Cc2ccc(OCC(=O)Nc3ccccc3)c(I)c2)cc1C(C)C. The van der Waals surface area contributed by atoms with Crippen LogP contribution in [0, 0.1) is 10.5 Å². The lowest BCUT2D eigenvalue weighted by molar-refractivity contribution is -0.118. The third-order valence-electron chi connectivity index (χ3n) is 6.89. The van der Waals surface area contributed by atoms with Gasteiger partial charge in [-0.15, -0.1) is 0 Å². The largest absolute Gasteiger partial charge is 0.496 e. The van der Waals surface area contributed by atoms with Gasteiger partial charge in [-0.3, -0.25) is 9.59 Å². The first-order valence-corrected chi connectivity index (χ1v) is 14.9. The van der Waals surface area contributed by atoms with E-state index in [1.165, 1.54) is 4.68 Å². The summed E-state index contributed by atoms with van der Waals surface area (Å²) in [5.41, 5.74) is 4.53. The molecule has 0 saturated carbocycles. The number of aryl methyl sites for hydroxylation is 1. The number of ether oxygens (including phenoxy) is 2. The number of hydrogen-bond donors (Lipinski definition) is 1. The summed E-state index contributed by atoms with van der Waals surface area (Å²) >= 11 is 2.15. The molecule has 1 amide bonds. The Kier molecular flexibility index (Phi) is 9.20. The summed E-state index contributed by atoms with van der Waals surface area (Å²) < 4.78 is 13.5. The van der Waals surface area contributed by atoms with Gasteiger partial charge in [0.05, 0.1) is 27.8 Å². The van der Waals surface area contributed by atoms with Gasteiger partial charge in [0.15, 0.2) is 12.4 Å². The number of para-hydroxylation sites is 2. The number of amides is 1. The number of carbonyl (C=O) groups excluding carboxylic acids is 1. The Balaban J connectivity index is 1.46. The maximum atomic E-state index is 13.7. The van der Waals surface area contributed by atoms with Gasteiger partial charge in [0.2, 0.25) is 0 Å². The van der Waals surface area contributed by atoms with Crippen molar-refractivity contribution in [1.29, 1.82) is 0 Å². The Morgan fingerprint density at radius 2 is 1.77 bits per heavy atom. The van der Waals surface area contributed by atoms with Gasteiger partial charge in [-0.2, -0.15) is 9.78 Å². The first-order chi connectivity index (χ1) is 20.7. The quantitative estimate of drug-likeness (QED) is 0.133. The van der Waals surface area contributed by atoms with Crippen LogP contribution in [0.5, 0.6) is 11.5 Å². The minimum Gasteiger partial charge on any atom is -0.496 e. The number of anilines is 1. The fraction of sp³-hybridized carbons (Fsp3) is 0.176. The molecule has 5 rings (SSSR count). The first-order valence-electron chi connectivity index (χ1n) is 13.8. The normalized spacial score (nSPS) is 11.3. The van der Waals surface area contributed by atoms with E-state index in [-0.39, 0.29) is 24.0 Å². The van der Waals surface area contributed by atoms with E-state index < -0.39 is 0 Å². The van der Waals surface area contributed by atoms with Gasteiger partial charge in [0.1, 0.15) is 11.5 Å². The molecular weight excluding hydrogens is 655 g/mol. The maximum Gasteiger partial charge on any atom is 0.282 e. The molecule has 0 fully saturated rings. The monoisotopic (exact) mass is 686 g/mol. The molecule has 4 aromatic carbocycles. The summed E-state index contributed by atoms with van der Waals surface area (Å²) in [5, 5.41) is 7.91. The van der Waals surface area contributed by atoms with Crippen molar-refractivity contribution in [3.63, 3.8) is 0 Å². The van der Waals surface area contributed by atoms with Gasteiger partial charge in [-0.25, -0.2) is 4.98 Å². The van der Waals surface area contributed by atoms with Crippen molar-refractivity contribution in [2.24, 2.45) is 5.10 Å². The van der Waals surface area contributed by atoms with Crippen LogP contribution in [-0.4, -0.2) is 35.5 Å². The predicted octanol–water partition coefficient (Wildman–Crippen LogP) is 7.01. The van der Waals surface area contributed by atoms with E-state index in [4.69, 9.17) is 14.5 Å². The van der Waals surface area contributed by atoms with E-state index in [9.17, 15) is 9.59 Å². The molecule has 0 atom stereocenters. The van der Waals surface area contributed by atoms with Crippen LogP contribution in [0.2, 0.25) is 0 Å². The lowest BCUT2D eigenvalue weighted by atomic mass is 9.96. The molecule has 9 heteroatoms. The summed E-state index contributed by atoms with van der Waals surface area (Å²) in [6.07, 6.45) is 1.62. The molecule has 0 aliphatic carbocycles. The van der Waals surface area contributed by atoms with E-state index in [1.54, 1.807) is 25.5 Å². The average molecular weight is 687 g/mol. The second-order valence-corrected chi connectivity index (χ2v) is 11.4.